The number of hydrogen-bond acceptors (Lipinski definition) is 2. The van der Waals surface area contributed by atoms with Gasteiger partial charge in [0.2, 0.25) is 0 Å². The highest BCUT2D eigenvalue weighted by Crippen LogP contribution is 2.29. The van der Waals surface area contributed by atoms with Crippen LogP contribution < -0.4 is 10.5 Å². The molecule has 0 aliphatic rings. The van der Waals surface area contributed by atoms with Crippen LogP contribution in [0.25, 0.3) is 0 Å². The molecule has 0 aromatic heterocycles. The highest BCUT2D eigenvalue weighted by molar-refractivity contribution is 6.30. The van der Waals surface area contributed by atoms with Gasteiger partial charge in [-0.05, 0) is 37.2 Å². The largest absolute Gasteiger partial charge is 0.457 e. The Morgan fingerprint density at radius 3 is 2.58 bits per heavy atom. The van der Waals surface area contributed by atoms with Crippen LogP contribution in [0.4, 0.5) is 8.78 Å². The SMILES string of the molecule is NCCc1c(F)cccc1Oc1ccc(F)c(Cl)c1. The predicted molar refractivity (Wildman–Crippen MR) is 70.6 cm³/mol. The molecule has 0 heterocycles. The molecule has 0 saturated heterocycles. The van der Waals surface area contributed by atoms with E-state index in [1.807, 2.05) is 0 Å². The van der Waals surface area contributed by atoms with Gasteiger partial charge in [-0.1, -0.05) is 17.7 Å². The molecule has 2 nitrogen and oxygen atoms in total. The lowest BCUT2D eigenvalue weighted by Crippen LogP contribution is -2.06. The first kappa shape index (κ1) is 13.8. The first-order valence-corrected chi connectivity index (χ1v) is 6.10. The van der Waals surface area contributed by atoms with Gasteiger partial charge in [-0.25, -0.2) is 8.78 Å². The molecule has 5 heteroatoms. The third-order valence-corrected chi connectivity index (χ3v) is 2.88. The summed E-state index contributed by atoms with van der Waals surface area (Å²) in [6, 6.07) is 8.47. The average Bonchev–Trinajstić information content (AvgIpc) is 2.38. The third kappa shape index (κ3) is 3.22. The second-order valence-electron chi connectivity index (χ2n) is 3.93. The summed E-state index contributed by atoms with van der Waals surface area (Å²) >= 11 is 5.66. The summed E-state index contributed by atoms with van der Waals surface area (Å²) in [5, 5.41) is -0.0470. The second kappa shape index (κ2) is 5.99. The zero-order valence-electron chi connectivity index (χ0n) is 10.00. The van der Waals surface area contributed by atoms with E-state index in [0.717, 1.165) is 0 Å². The molecule has 0 amide bonds. The Morgan fingerprint density at radius 2 is 1.89 bits per heavy atom. The maximum Gasteiger partial charge on any atom is 0.142 e. The summed E-state index contributed by atoms with van der Waals surface area (Å²) in [4.78, 5) is 0. The van der Waals surface area contributed by atoms with Crippen molar-refractivity contribution in [2.45, 2.75) is 6.42 Å². The molecule has 0 fully saturated rings. The van der Waals surface area contributed by atoms with E-state index in [0.29, 0.717) is 30.0 Å². The van der Waals surface area contributed by atoms with Gasteiger partial charge in [-0.3, -0.25) is 0 Å². The lowest BCUT2D eigenvalue weighted by atomic mass is 10.1. The minimum Gasteiger partial charge on any atom is -0.457 e. The van der Waals surface area contributed by atoms with Gasteiger partial charge < -0.3 is 10.5 Å². The van der Waals surface area contributed by atoms with Crippen molar-refractivity contribution >= 4 is 11.6 Å². The number of halogens is 3. The van der Waals surface area contributed by atoms with Crippen LogP contribution in [0.15, 0.2) is 36.4 Å². The van der Waals surface area contributed by atoms with Gasteiger partial charge in [0.05, 0.1) is 5.02 Å². The van der Waals surface area contributed by atoms with Crippen LogP contribution in [0.2, 0.25) is 5.02 Å². The lowest BCUT2D eigenvalue weighted by molar-refractivity contribution is 0.465. The van der Waals surface area contributed by atoms with Gasteiger partial charge in [0, 0.05) is 11.6 Å². The molecule has 0 radical (unpaired) electrons. The second-order valence-corrected chi connectivity index (χ2v) is 4.34. The molecule has 2 aromatic rings. The fourth-order valence-electron chi connectivity index (χ4n) is 1.69. The predicted octanol–water partition coefficient (Wildman–Crippen LogP) is 3.91. The molecule has 0 aliphatic heterocycles. The van der Waals surface area contributed by atoms with Crippen LogP contribution >= 0.6 is 11.6 Å². The molecule has 0 unspecified atom stereocenters. The standard InChI is InChI=1S/C14H12ClF2NO/c15-11-8-9(4-5-13(11)17)19-14-3-1-2-12(16)10(14)6-7-18/h1-5,8H,6-7,18H2. The van der Waals surface area contributed by atoms with E-state index >= 15 is 0 Å². The Hall–Kier alpha value is -1.65. The van der Waals surface area contributed by atoms with Crippen LogP contribution in [-0.4, -0.2) is 6.54 Å². The Balaban J connectivity index is 2.32. The van der Waals surface area contributed by atoms with E-state index in [2.05, 4.69) is 0 Å². The lowest BCUT2D eigenvalue weighted by Gasteiger charge is -2.11. The molecule has 19 heavy (non-hydrogen) atoms. The summed E-state index contributed by atoms with van der Waals surface area (Å²) in [6.07, 6.45) is 0.358. The van der Waals surface area contributed by atoms with E-state index in [9.17, 15) is 8.78 Å². The quantitative estimate of drug-likeness (QED) is 0.923. The maximum absolute atomic E-state index is 13.7. The molecule has 0 saturated carbocycles. The number of ether oxygens (including phenoxy) is 1. The van der Waals surface area contributed by atoms with E-state index in [4.69, 9.17) is 22.1 Å². The minimum absolute atomic E-state index is 0.0470. The van der Waals surface area contributed by atoms with Crippen molar-refractivity contribution in [1.29, 1.82) is 0 Å². The minimum atomic E-state index is -0.532. The van der Waals surface area contributed by atoms with Crippen molar-refractivity contribution in [2.24, 2.45) is 5.73 Å². The summed E-state index contributed by atoms with van der Waals surface area (Å²) in [5.74, 6) is -0.213. The molecule has 0 spiro atoms. The molecule has 2 aromatic carbocycles. The highest BCUT2D eigenvalue weighted by Gasteiger charge is 2.10. The first-order valence-electron chi connectivity index (χ1n) is 5.72. The van der Waals surface area contributed by atoms with Crippen molar-refractivity contribution in [1.82, 2.24) is 0 Å². The third-order valence-electron chi connectivity index (χ3n) is 2.59. The molecule has 0 aliphatic carbocycles. The van der Waals surface area contributed by atoms with Gasteiger partial charge in [0.1, 0.15) is 23.1 Å². The fraction of sp³-hybridized carbons (Fsp3) is 0.143. The molecule has 0 atom stereocenters. The van der Waals surface area contributed by atoms with Crippen LogP contribution in [0.5, 0.6) is 11.5 Å². The van der Waals surface area contributed by atoms with E-state index in [1.54, 1.807) is 6.07 Å². The number of nitrogens with two attached hydrogens (primary N) is 1. The van der Waals surface area contributed by atoms with Crippen LogP contribution in [0.3, 0.4) is 0 Å². The molecular formula is C14H12ClF2NO. The summed E-state index contributed by atoms with van der Waals surface area (Å²) in [5.41, 5.74) is 5.84. The molecule has 2 rings (SSSR count). The van der Waals surface area contributed by atoms with Gasteiger partial charge >= 0.3 is 0 Å². The monoisotopic (exact) mass is 283 g/mol. The fourth-order valence-corrected chi connectivity index (χ4v) is 1.86. The molecule has 2 N–H and O–H groups in total. The summed E-state index contributed by atoms with van der Waals surface area (Å²) in [6.45, 7) is 0.307. The average molecular weight is 284 g/mol. The smallest absolute Gasteiger partial charge is 0.142 e. The highest BCUT2D eigenvalue weighted by atomic mass is 35.5. The van der Waals surface area contributed by atoms with E-state index < -0.39 is 5.82 Å². The van der Waals surface area contributed by atoms with Gasteiger partial charge in [0.25, 0.3) is 0 Å². The number of rotatable bonds is 4. The molecule has 0 bridgehead atoms. The van der Waals surface area contributed by atoms with Crippen molar-refractivity contribution in [3.63, 3.8) is 0 Å². The van der Waals surface area contributed by atoms with Gasteiger partial charge in [-0.2, -0.15) is 0 Å². The summed E-state index contributed by atoms with van der Waals surface area (Å²) < 4.78 is 32.2. The van der Waals surface area contributed by atoms with Crippen LogP contribution in [0.1, 0.15) is 5.56 Å². The van der Waals surface area contributed by atoms with Gasteiger partial charge in [0.15, 0.2) is 0 Å². The Kier molecular flexibility index (Phi) is 4.35. The van der Waals surface area contributed by atoms with Crippen molar-refractivity contribution < 1.29 is 13.5 Å². The van der Waals surface area contributed by atoms with Crippen LogP contribution in [0, 0.1) is 11.6 Å². The Bertz CT molecular complexity index is 590. The Labute approximate surface area is 114 Å². The summed E-state index contributed by atoms with van der Waals surface area (Å²) in [7, 11) is 0. The number of benzene rings is 2. The van der Waals surface area contributed by atoms with Crippen LogP contribution in [-0.2, 0) is 6.42 Å². The van der Waals surface area contributed by atoms with E-state index in [-0.39, 0.29) is 10.8 Å². The molecule has 100 valence electrons. The topological polar surface area (TPSA) is 35.2 Å². The zero-order chi connectivity index (χ0) is 13.8. The first-order chi connectivity index (χ1) is 9.11. The maximum atomic E-state index is 13.7. The van der Waals surface area contributed by atoms with Gasteiger partial charge in [-0.15, -0.1) is 0 Å². The van der Waals surface area contributed by atoms with Crippen molar-refractivity contribution in [2.75, 3.05) is 6.54 Å². The van der Waals surface area contributed by atoms with Crippen molar-refractivity contribution in [3.8, 4) is 11.5 Å². The van der Waals surface area contributed by atoms with E-state index in [1.165, 1.54) is 30.3 Å². The normalized spacial score (nSPS) is 10.5. The molecular weight excluding hydrogens is 272 g/mol. The Morgan fingerprint density at radius 1 is 1.11 bits per heavy atom. The van der Waals surface area contributed by atoms with Crippen molar-refractivity contribution in [3.05, 3.63) is 58.6 Å². The zero-order valence-corrected chi connectivity index (χ0v) is 10.8. The number of hydrogen-bond donors (Lipinski definition) is 1.